The minimum Gasteiger partial charge on any atom is -0.317 e. The number of nitro groups is 1. The smallest absolute Gasteiger partial charge is 0.293 e. The van der Waals surface area contributed by atoms with Crippen LogP contribution in [0.25, 0.3) is 11.8 Å². The Kier molecular flexibility index (Phi) is 5.43. The molecule has 30 heavy (non-hydrogen) atoms. The van der Waals surface area contributed by atoms with Crippen molar-refractivity contribution < 1.29 is 14.5 Å². The Morgan fingerprint density at radius 2 is 1.83 bits per heavy atom. The van der Waals surface area contributed by atoms with Gasteiger partial charge < -0.3 is 4.57 Å². The molecule has 2 heterocycles. The van der Waals surface area contributed by atoms with Gasteiger partial charge in [0.2, 0.25) is 0 Å². The summed E-state index contributed by atoms with van der Waals surface area (Å²) in [5.74, 6) is -0.383. The molecule has 1 aliphatic rings. The average Bonchev–Trinajstić information content (AvgIpc) is 3.30. The Hall–Kier alpha value is -3.36. The van der Waals surface area contributed by atoms with Crippen molar-refractivity contribution in [2.75, 3.05) is 0 Å². The van der Waals surface area contributed by atoms with E-state index in [2.05, 4.69) is 0 Å². The zero-order valence-electron chi connectivity index (χ0n) is 15.4. The van der Waals surface area contributed by atoms with Crippen LogP contribution in [-0.2, 0) is 11.3 Å². The van der Waals surface area contributed by atoms with Gasteiger partial charge in [-0.1, -0.05) is 29.8 Å². The van der Waals surface area contributed by atoms with Gasteiger partial charge in [0.25, 0.3) is 16.8 Å². The van der Waals surface area contributed by atoms with Crippen LogP contribution in [0.3, 0.4) is 0 Å². The van der Waals surface area contributed by atoms with Crippen LogP contribution in [0.2, 0.25) is 5.02 Å². The van der Waals surface area contributed by atoms with Gasteiger partial charge in [-0.15, -0.1) is 0 Å². The Labute approximate surface area is 180 Å². The fourth-order valence-electron chi connectivity index (χ4n) is 3.05. The van der Waals surface area contributed by atoms with Crippen LogP contribution in [0.15, 0.2) is 71.8 Å². The van der Waals surface area contributed by atoms with Crippen molar-refractivity contribution in [3.05, 3.63) is 98.2 Å². The number of imide groups is 1. The molecule has 0 N–H and O–H groups in total. The molecular formula is C21H14ClN3O4S. The third-order valence-electron chi connectivity index (χ3n) is 4.51. The first-order chi connectivity index (χ1) is 14.4. The summed E-state index contributed by atoms with van der Waals surface area (Å²) < 4.78 is 1.72. The number of carbonyl (C=O) groups excluding carboxylic acids is 2. The van der Waals surface area contributed by atoms with Gasteiger partial charge in [0, 0.05) is 29.0 Å². The van der Waals surface area contributed by atoms with Crippen LogP contribution >= 0.6 is 23.4 Å². The molecule has 1 saturated heterocycles. The quantitative estimate of drug-likeness (QED) is 0.307. The standard InChI is InChI=1S/C21H14ClN3O4S/c22-15-8-6-14(7-9-15)13-24-20(26)19(30-21(24)27)12-17-5-2-10-23(17)16-3-1-4-18(11-16)25(28)29/h1-12H,13H2. The molecule has 1 aliphatic heterocycles. The molecule has 0 atom stereocenters. The number of aromatic nitrogens is 1. The second kappa shape index (κ2) is 8.17. The largest absolute Gasteiger partial charge is 0.317 e. The van der Waals surface area contributed by atoms with Crippen LogP contribution in [0.5, 0.6) is 0 Å². The molecule has 0 aliphatic carbocycles. The lowest BCUT2D eigenvalue weighted by Crippen LogP contribution is -2.27. The third kappa shape index (κ3) is 4.00. The Morgan fingerprint density at radius 3 is 2.57 bits per heavy atom. The van der Waals surface area contributed by atoms with Crippen LogP contribution in [0.4, 0.5) is 10.5 Å². The summed E-state index contributed by atoms with van der Waals surface area (Å²) in [6.45, 7) is 0.158. The van der Waals surface area contributed by atoms with Crippen LogP contribution in [-0.4, -0.2) is 25.5 Å². The molecule has 0 radical (unpaired) electrons. The molecule has 0 bridgehead atoms. The first-order valence-electron chi connectivity index (χ1n) is 8.84. The van der Waals surface area contributed by atoms with Gasteiger partial charge in [0.1, 0.15) is 0 Å². The van der Waals surface area contributed by atoms with Gasteiger partial charge in [0.05, 0.1) is 22.1 Å². The van der Waals surface area contributed by atoms with Crippen LogP contribution in [0.1, 0.15) is 11.3 Å². The van der Waals surface area contributed by atoms with Gasteiger partial charge in [-0.2, -0.15) is 0 Å². The van der Waals surface area contributed by atoms with Gasteiger partial charge in [-0.3, -0.25) is 24.6 Å². The van der Waals surface area contributed by atoms with E-state index in [1.807, 2.05) is 0 Å². The van der Waals surface area contributed by atoms with Crippen molar-refractivity contribution in [3.63, 3.8) is 0 Å². The number of benzene rings is 2. The summed E-state index contributed by atoms with van der Waals surface area (Å²) in [7, 11) is 0. The third-order valence-corrected chi connectivity index (χ3v) is 5.66. The summed E-state index contributed by atoms with van der Waals surface area (Å²) in [5.41, 5.74) is 1.98. The van der Waals surface area contributed by atoms with E-state index in [0.717, 1.165) is 17.3 Å². The van der Waals surface area contributed by atoms with Crippen LogP contribution < -0.4 is 0 Å². The molecule has 0 unspecified atom stereocenters. The number of amides is 2. The maximum absolute atomic E-state index is 12.8. The Bertz CT molecular complexity index is 1190. The maximum atomic E-state index is 12.8. The van der Waals surface area contributed by atoms with Gasteiger partial charge in [-0.05, 0) is 53.7 Å². The number of hydrogen-bond acceptors (Lipinski definition) is 5. The highest BCUT2D eigenvalue weighted by molar-refractivity contribution is 8.18. The zero-order valence-corrected chi connectivity index (χ0v) is 17.0. The lowest BCUT2D eigenvalue weighted by Gasteiger charge is -2.12. The molecule has 1 aromatic heterocycles. The first-order valence-corrected chi connectivity index (χ1v) is 10.0. The number of rotatable bonds is 5. The second-order valence-corrected chi connectivity index (χ2v) is 7.90. The number of hydrogen-bond donors (Lipinski definition) is 0. The van der Waals surface area contributed by atoms with E-state index in [-0.39, 0.29) is 23.4 Å². The Morgan fingerprint density at radius 1 is 1.07 bits per heavy atom. The van der Waals surface area contributed by atoms with E-state index in [9.17, 15) is 19.7 Å². The summed E-state index contributed by atoms with van der Waals surface area (Å²) in [5, 5.41) is 11.3. The minimum atomic E-state index is -0.463. The fraction of sp³-hybridized carbons (Fsp3) is 0.0476. The molecule has 9 heteroatoms. The Balaban J connectivity index is 1.60. The second-order valence-electron chi connectivity index (χ2n) is 6.47. The highest BCUT2D eigenvalue weighted by Crippen LogP contribution is 2.34. The molecule has 2 aromatic carbocycles. The summed E-state index contributed by atoms with van der Waals surface area (Å²) in [6, 6.07) is 16.7. The molecule has 4 rings (SSSR count). The molecular weight excluding hydrogens is 426 g/mol. The molecule has 0 spiro atoms. The van der Waals surface area contributed by atoms with Crippen molar-refractivity contribution in [1.29, 1.82) is 0 Å². The molecule has 150 valence electrons. The first kappa shape index (κ1) is 19.9. The topological polar surface area (TPSA) is 85.5 Å². The van der Waals surface area contributed by atoms with Gasteiger partial charge in [-0.25, -0.2) is 0 Å². The van der Waals surface area contributed by atoms with Crippen molar-refractivity contribution >= 4 is 46.3 Å². The average molecular weight is 440 g/mol. The monoisotopic (exact) mass is 439 g/mol. The number of carbonyl (C=O) groups is 2. The van der Waals surface area contributed by atoms with Gasteiger partial charge >= 0.3 is 0 Å². The van der Waals surface area contributed by atoms with E-state index in [1.54, 1.807) is 65.4 Å². The highest BCUT2D eigenvalue weighted by atomic mass is 35.5. The molecule has 2 amide bonds. The molecule has 0 saturated carbocycles. The van der Waals surface area contributed by atoms with E-state index in [0.29, 0.717) is 21.3 Å². The van der Waals surface area contributed by atoms with E-state index in [4.69, 9.17) is 11.6 Å². The molecule has 1 fully saturated rings. The number of halogens is 1. The van der Waals surface area contributed by atoms with Crippen molar-refractivity contribution in [3.8, 4) is 5.69 Å². The van der Waals surface area contributed by atoms with Crippen molar-refractivity contribution in [2.24, 2.45) is 0 Å². The lowest BCUT2D eigenvalue weighted by molar-refractivity contribution is -0.384. The minimum absolute atomic E-state index is 0.0320. The SMILES string of the molecule is O=C1SC(=Cc2cccn2-c2cccc([N+](=O)[O-])c2)C(=O)N1Cc1ccc(Cl)cc1. The number of nitrogens with zero attached hydrogens (tertiary/aromatic N) is 3. The van der Waals surface area contributed by atoms with E-state index in [1.165, 1.54) is 17.0 Å². The van der Waals surface area contributed by atoms with Crippen LogP contribution in [0, 0.1) is 10.1 Å². The summed E-state index contributed by atoms with van der Waals surface area (Å²) >= 11 is 6.75. The van der Waals surface area contributed by atoms with Crippen molar-refractivity contribution in [1.82, 2.24) is 9.47 Å². The number of nitro benzene ring substituents is 1. The molecule has 3 aromatic rings. The highest BCUT2D eigenvalue weighted by Gasteiger charge is 2.35. The van der Waals surface area contributed by atoms with Gasteiger partial charge in [0.15, 0.2) is 0 Å². The summed E-state index contributed by atoms with van der Waals surface area (Å²) in [4.78, 5) is 37.2. The molecule has 7 nitrogen and oxygen atoms in total. The fourth-order valence-corrected chi connectivity index (χ4v) is 4.00. The van der Waals surface area contributed by atoms with E-state index < -0.39 is 4.92 Å². The summed E-state index contributed by atoms with van der Waals surface area (Å²) in [6.07, 6.45) is 3.36. The normalized spacial score (nSPS) is 15.2. The predicted molar refractivity (Wildman–Crippen MR) is 115 cm³/mol. The predicted octanol–water partition coefficient (Wildman–Crippen LogP) is 5.28. The lowest BCUT2D eigenvalue weighted by atomic mass is 10.2. The van der Waals surface area contributed by atoms with Crippen molar-refractivity contribution in [2.45, 2.75) is 6.54 Å². The van der Waals surface area contributed by atoms with E-state index >= 15 is 0 Å². The maximum Gasteiger partial charge on any atom is 0.293 e. The zero-order chi connectivity index (χ0) is 21.3. The number of non-ortho nitro benzene ring substituents is 1. The number of thioether (sulfide) groups is 1.